The Morgan fingerprint density at radius 1 is 1.26 bits per heavy atom. The van der Waals surface area contributed by atoms with Crippen LogP contribution in [0.4, 0.5) is 0 Å². The largest absolute Gasteiger partial charge is 0.508 e. The number of rotatable bonds is 4. The van der Waals surface area contributed by atoms with Crippen molar-refractivity contribution in [3.63, 3.8) is 0 Å². The SMILES string of the molecule is COc1cccc(C2CCCN2Cc2cc(=O)oc3c(C)c(O)ccc23)c1. The Bertz CT molecular complexity index is 1040. The third-order valence-electron chi connectivity index (χ3n) is 5.43. The summed E-state index contributed by atoms with van der Waals surface area (Å²) in [7, 11) is 1.68. The molecule has 0 amide bonds. The Balaban J connectivity index is 1.71. The zero-order valence-corrected chi connectivity index (χ0v) is 15.6. The molecule has 1 aromatic heterocycles. The van der Waals surface area contributed by atoms with Crippen molar-refractivity contribution in [1.29, 1.82) is 0 Å². The standard InChI is InChI=1S/C22H23NO4/c1-14-20(24)9-8-18-16(12-21(25)27-22(14)18)13-23-10-4-7-19(23)15-5-3-6-17(11-15)26-2/h3,5-6,8-9,11-12,19,24H,4,7,10,13H2,1-2H3. The molecule has 140 valence electrons. The number of aromatic hydroxyl groups is 1. The summed E-state index contributed by atoms with van der Waals surface area (Å²) in [5.74, 6) is 0.995. The van der Waals surface area contributed by atoms with Gasteiger partial charge < -0.3 is 14.3 Å². The minimum absolute atomic E-state index is 0.137. The molecule has 3 aromatic rings. The topological polar surface area (TPSA) is 62.9 Å². The van der Waals surface area contributed by atoms with Gasteiger partial charge in [-0.2, -0.15) is 0 Å². The molecule has 2 aromatic carbocycles. The zero-order chi connectivity index (χ0) is 19.0. The molecule has 1 aliphatic heterocycles. The Morgan fingerprint density at radius 2 is 2.11 bits per heavy atom. The Hall–Kier alpha value is -2.79. The van der Waals surface area contributed by atoms with Crippen molar-refractivity contribution < 1.29 is 14.3 Å². The van der Waals surface area contributed by atoms with E-state index in [1.165, 1.54) is 5.56 Å². The number of hydrogen-bond donors (Lipinski definition) is 1. The smallest absolute Gasteiger partial charge is 0.336 e. The number of ether oxygens (including phenoxy) is 1. The predicted molar refractivity (Wildman–Crippen MR) is 104 cm³/mol. The molecule has 0 saturated carbocycles. The van der Waals surface area contributed by atoms with Crippen molar-refractivity contribution in [1.82, 2.24) is 4.90 Å². The summed E-state index contributed by atoms with van der Waals surface area (Å²) in [6.07, 6.45) is 2.19. The van der Waals surface area contributed by atoms with E-state index in [0.717, 1.165) is 36.1 Å². The summed E-state index contributed by atoms with van der Waals surface area (Å²) < 4.78 is 10.7. The maximum atomic E-state index is 12.1. The van der Waals surface area contributed by atoms with Gasteiger partial charge in [-0.3, -0.25) is 4.90 Å². The molecule has 5 heteroatoms. The van der Waals surface area contributed by atoms with Crippen molar-refractivity contribution in [3.05, 3.63) is 69.6 Å². The van der Waals surface area contributed by atoms with Crippen LogP contribution in [0.15, 0.2) is 51.7 Å². The molecule has 0 spiro atoms. The van der Waals surface area contributed by atoms with Gasteiger partial charge in [0.2, 0.25) is 0 Å². The molecule has 1 fully saturated rings. The van der Waals surface area contributed by atoms with Crippen LogP contribution in [0.2, 0.25) is 0 Å². The quantitative estimate of drug-likeness (QED) is 0.704. The van der Waals surface area contributed by atoms with Crippen LogP contribution in [-0.2, 0) is 6.54 Å². The lowest BCUT2D eigenvalue weighted by Gasteiger charge is -2.25. The molecule has 0 bridgehead atoms. The van der Waals surface area contributed by atoms with Gasteiger partial charge in [0.15, 0.2) is 0 Å². The van der Waals surface area contributed by atoms with E-state index in [1.807, 2.05) is 18.2 Å². The van der Waals surface area contributed by atoms with Gasteiger partial charge in [0.1, 0.15) is 17.1 Å². The molecule has 5 nitrogen and oxygen atoms in total. The third-order valence-corrected chi connectivity index (χ3v) is 5.43. The second-order valence-electron chi connectivity index (χ2n) is 7.08. The summed E-state index contributed by atoms with van der Waals surface area (Å²) in [6.45, 7) is 3.40. The molecule has 1 atom stereocenters. The number of nitrogens with zero attached hydrogens (tertiary/aromatic N) is 1. The van der Waals surface area contributed by atoms with E-state index in [1.54, 1.807) is 26.2 Å². The monoisotopic (exact) mass is 365 g/mol. The van der Waals surface area contributed by atoms with E-state index in [0.29, 0.717) is 23.7 Å². The fourth-order valence-corrected chi connectivity index (χ4v) is 4.01. The second-order valence-corrected chi connectivity index (χ2v) is 7.08. The van der Waals surface area contributed by atoms with Gasteiger partial charge in [0, 0.05) is 29.6 Å². The first kappa shape index (κ1) is 17.6. The summed E-state index contributed by atoms with van der Waals surface area (Å²) in [5, 5.41) is 10.8. The van der Waals surface area contributed by atoms with E-state index < -0.39 is 0 Å². The molecule has 1 aliphatic rings. The van der Waals surface area contributed by atoms with Crippen LogP contribution in [0.3, 0.4) is 0 Å². The highest BCUT2D eigenvalue weighted by Gasteiger charge is 2.27. The van der Waals surface area contributed by atoms with E-state index >= 15 is 0 Å². The zero-order valence-electron chi connectivity index (χ0n) is 15.6. The van der Waals surface area contributed by atoms with Crippen LogP contribution in [0, 0.1) is 6.92 Å². The maximum Gasteiger partial charge on any atom is 0.336 e. The average molecular weight is 365 g/mol. The van der Waals surface area contributed by atoms with Gasteiger partial charge in [0.05, 0.1) is 7.11 Å². The van der Waals surface area contributed by atoms with E-state index in [4.69, 9.17) is 9.15 Å². The summed E-state index contributed by atoms with van der Waals surface area (Å²) in [4.78, 5) is 14.5. The third kappa shape index (κ3) is 3.30. The number of phenols is 1. The number of fused-ring (bicyclic) bond motifs is 1. The first-order chi connectivity index (χ1) is 13.1. The van der Waals surface area contributed by atoms with Crippen LogP contribution < -0.4 is 10.4 Å². The van der Waals surface area contributed by atoms with Crippen molar-refractivity contribution in [2.75, 3.05) is 13.7 Å². The number of likely N-dealkylation sites (tertiary alicyclic amines) is 1. The predicted octanol–water partition coefficient (Wildman–Crippen LogP) is 4.15. The summed E-state index contributed by atoms with van der Waals surface area (Å²) in [5.41, 5.74) is 2.84. The van der Waals surface area contributed by atoms with Crippen molar-refractivity contribution >= 4 is 11.0 Å². The molecule has 1 saturated heterocycles. The van der Waals surface area contributed by atoms with Crippen LogP contribution in [0.5, 0.6) is 11.5 Å². The second kappa shape index (κ2) is 7.08. The first-order valence-corrected chi connectivity index (χ1v) is 9.20. The Morgan fingerprint density at radius 3 is 2.93 bits per heavy atom. The van der Waals surface area contributed by atoms with Crippen molar-refractivity contribution in [2.45, 2.75) is 32.4 Å². The molecule has 0 radical (unpaired) electrons. The number of benzene rings is 2. The van der Waals surface area contributed by atoms with Gasteiger partial charge in [-0.15, -0.1) is 0 Å². The minimum Gasteiger partial charge on any atom is -0.508 e. The van der Waals surface area contributed by atoms with E-state index in [2.05, 4.69) is 17.0 Å². The fraction of sp³-hybridized carbons (Fsp3) is 0.318. The van der Waals surface area contributed by atoms with Crippen LogP contribution in [0.25, 0.3) is 11.0 Å². The fourth-order valence-electron chi connectivity index (χ4n) is 4.01. The average Bonchev–Trinajstić information content (AvgIpc) is 3.13. The number of phenolic OH excluding ortho intramolecular Hbond substituents is 1. The van der Waals surface area contributed by atoms with Crippen LogP contribution >= 0.6 is 0 Å². The highest BCUT2D eigenvalue weighted by Crippen LogP contribution is 2.36. The normalized spacial score (nSPS) is 17.5. The molecule has 1 unspecified atom stereocenters. The molecule has 0 aliphatic carbocycles. The molecule has 2 heterocycles. The summed E-state index contributed by atoms with van der Waals surface area (Å²) >= 11 is 0. The molecular weight excluding hydrogens is 342 g/mol. The number of aryl methyl sites for hydroxylation is 1. The van der Waals surface area contributed by atoms with Crippen molar-refractivity contribution in [3.8, 4) is 11.5 Å². The molecule has 1 N–H and O–H groups in total. The minimum atomic E-state index is -0.386. The Labute approximate surface area is 157 Å². The van der Waals surface area contributed by atoms with Crippen molar-refractivity contribution in [2.24, 2.45) is 0 Å². The molecular formula is C22H23NO4. The molecule has 27 heavy (non-hydrogen) atoms. The van der Waals surface area contributed by atoms with E-state index in [-0.39, 0.29) is 11.4 Å². The van der Waals surface area contributed by atoms with Crippen LogP contribution in [-0.4, -0.2) is 23.7 Å². The first-order valence-electron chi connectivity index (χ1n) is 9.20. The van der Waals surface area contributed by atoms with Gasteiger partial charge in [-0.25, -0.2) is 4.79 Å². The summed E-state index contributed by atoms with van der Waals surface area (Å²) in [6, 6.07) is 13.5. The lowest BCUT2D eigenvalue weighted by Crippen LogP contribution is -2.23. The maximum absolute atomic E-state index is 12.1. The van der Waals surface area contributed by atoms with E-state index in [9.17, 15) is 9.90 Å². The number of methoxy groups -OCH3 is 1. The van der Waals surface area contributed by atoms with Gasteiger partial charge in [0.25, 0.3) is 0 Å². The Kier molecular flexibility index (Phi) is 4.62. The lowest BCUT2D eigenvalue weighted by atomic mass is 10.0. The number of hydrogen-bond acceptors (Lipinski definition) is 5. The van der Waals surface area contributed by atoms with Gasteiger partial charge in [-0.1, -0.05) is 12.1 Å². The van der Waals surface area contributed by atoms with Gasteiger partial charge >= 0.3 is 5.63 Å². The van der Waals surface area contributed by atoms with Crippen LogP contribution in [0.1, 0.15) is 35.6 Å². The van der Waals surface area contributed by atoms with Gasteiger partial charge in [-0.05, 0) is 61.7 Å². The highest BCUT2D eigenvalue weighted by atomic mass is 16.5. The lowest BCUT2D eigenvalue weighted by molar-refractivity contribution is 0.248. The molecule has 4 rings (SSSR count). The highest BCUT2D eigenvalue weighted by molar-refractivity contribution is 5.84.